The summed E-state index contributed by atoms with van der Waals surface area (Å²) >= 11 is 5.46. The Labute approximate surface area is 125 Å². The molecule has 2 unspecified atom stereocenters. The fourth-order valence-corrected chi connectivity index (χ4v) is 3.29. The molecule has 104 valence electrons. The maximum absolute atomic E-state index is 5.46. The Morgan fingerprint density at radius 2 is 1.95 bits per heavy atom. The second kappa shape index (κ2) is 5.49. The van der Waals surface area contributed by atoms with Gasteiger partial charge in [-0.1, -0.05) is 49.5 Å². The smallest absolute Gasteiger partial charge is 0.133 e. The van der Waals surface area contributed by atoms with Crippen LogP contribution in [0.3, 0.4) is 0 Å². The van der Waals surface area contributed by atoms with Gasteiger partial charge in [-0.2, -0.15) is 0 Å². The summed E-state index contributed by atoms with van der Waals surface area (Å²) < 4.78 is 0.733. The van der Waals surface area contributed by atoms with E-state index in [-0.39, 0.29) is 0 Å². The normalized spacial score (nSPS) is 22.1. The van der Waals surface area contributed by atoms with E-state index in [2.05, 4.69) is 48.1 Å². The zero-order valence-electron chi connectivity index (χ0n) is 12.0. The molecular weight excluding hydrogens is 264 g/mol. The third-order valence-electron chi connectivity index (χ3n) is 4.31. The lowest BCUT2D eigenvalue weighted by molar-refractivity contribution is 0.585. The number of hydrogen-bond donors (Lipinski definition) is 1. The Kier molecular flexibility index (Phi) is 3.70. The van der Waals surface area contributed by atoms with E-state index < -0.39 is 0 Å². The summed E-state index contributed by atoms with van der Waals surface area (Å²) in [5, 5.41) is 0. The number of nitrogens with zero attached hydrogens (tertiary/aromatic N) is 1. The molecule has 1 aliphatic rings. The molecule has 2 aromatic rings. The maximum Gasteiger partial charge on any atom is 0.133 e. The highest BCUT2D eigenvalue weighted by atomic mass is 32.1. The molecule has 0 radical (unpaired) electrons. The lowest BCUT2D eigenvalue weighted by Gasteiger charge is -2.14. The van der Waals surface area contributed by atoms with Gasteiger partial charge in [0.2, 0.25) is 0 Å². The molecular formula is C17H20N2S. The van der Waals surface area contributed by atoms with Crippen LogP contribution in [-0.4, -0.2) is 9.97 Å². The van der Waals surface area contributed by atoms with E-state index in [9.17, 15) is 0 Å². The first-order valence-electron chi connectivity index (χ1n) is 7.31. The standard InChI is InChI=1S/C17H20N2S/c1-11-8-9-14(10-11)16-18-15(12(2)17(20)19-16)13-6-4-3-5-7-13/h3-7,11,14H,8-10H2,1-2H3,(H,18,19,20). The molecule has 2 atom stereocenters. The van der Waals surface area contributed by atoms with Gasteiger partial charge in [-0.25, -0.2) is 4.98 Å². The van der Waals surface area contributed by atoms with Crippen molar-refractivity contribution in [2.75, 3.05) is 0 Å². The molecule has 1 heterocycles. The molecule has 0 spiro atoms. The number of aromatic nitrogens is 2. The molecule has 0 bridgehead atoms. The highest BCUT2D eigenvalue weighted by Crippen LogP contribution is 2.37. The van der Waals surface area contributed by atoms with Crippen LogP contribution in [-0.2, 0) is 0 Å². The molecule has 1 saturated carbocycles. The minimum absolute atomic E-state index is 0.537. The SMILES string of the molecule is Cc1c(-c2ccccc2)[nH]c(C2CCC(C)C2)nc1=S. The molecule has 0 aliphatic heterocycles. The third-order valence-corrected chi connectivity index (χ3v) is 4.71. The third kappa shape index (κ3) is 2.55. The molecule has 0 saturated heterocycles. The van der Waals surface area contributed by atoms with E-state index in [4.69, 9.17) is 12.2 Å². The maximum atomic E-state index is 5.46. The Bertz CT molecular complexity index is 660. The van der Waals surface area contributed by atoms with Crippen molar-refractivity contribution >= 4 is 12.2 Å². The van der Waals surface area contributed by atoms with Gasteiger partial charge in [-0.05, 0) is 37.7 Å². The van der Waals surface area contributed by atoms with Crippen LogP contribution in [0, 0.1) is 17.5 Å². The molecule has 20 heavy (non-hydrogen) atoms. The van der Waals surface area contributed by atoms with E-state index in [0.29, 0.717) is 5.92 Å². The van der Waals surface area contributed by atoms with Crippen LogP contribution in [0.1, 0.15) is 43.5 Å². The van der Waals surface area contributed by atoms with Gasteiger partial charge >= 0.3 is 0 Å². The van der Waals surface area contributed by atoms with Gasteiger partial charge in [0.05, 0.1) is 5.69 Å². The van der Waals surface area contributed by atoms with Crippen LogP contribution >= 0.6 is 12.2 Å². The van der Waals surface area contributed by atoms with E-state index in [1.165, 1.54) is 24.8 Å². The van der Waals surface area contributed by atoms with Crippen molar-refractivity contribution in [2.45, 2.75) is 39.0 Å². The Balaban J connectivity index is 2.07. The Morgan fingerprint density at radius 3 is 2.60 bits per heavy atom. The van der Waals surface area contributed by atoms with Gasteiger partial charge in [-0.15, -0.1) is 0 Å². The second-order valence-corrected chi connectivity index (χ2v) is 6.30. The van der Waals surface area contributed by atoms with Crippen LogP contribution < -0.4 is 0 Å². The summed E-state index contributed by atoms with van der Waals surface area (Å²) in [6.07, 6.45) is 3.73. The Morgan fingerprint density at radius 1 is 1.20 bits per heavy atom. The Hall–Kier alpha value is -1.48. The largest absolute Gasteiger partial charge is 0.343 e. The van der Waals surface area contributed by atoms with Gasteiger partial charge in [-0.3, -0.25) is 0 Å². The van der Waals surface area contributed by atoms with Crippen LogP contribution in [0.25, 0.3) is 11.3 Å². The number of benzene rings is 1. The molecule has 1 aliphatic carbocycles. The molecule has 1 aromatic carbocycles. The molecule has 0 amide bonds. The van der Waals surface area contributed by atoms with Gasteiger partial charge in [0, 0.05) is 11.5 Å². The van der Waals surface area contributed by atoms with Gasteiger partial charge in [0.25, 0.3) is 0 Å². The van der Waals surface area contributed by atoms with E-state index >= 15 is 0 Å². The second-order valence-electron chi connectivity index (χ2n) is 5.91. The predicted octanol–water partition coefficient (Wildman–Crippen LogP) is 5.02. The van der Waals surface area contributed by atoms with Crippen LogP contribution in [0.2, 0.25) is 0 Å². The van der Waals surface area contributed by atoms with Crippen LogP contribution in [0.15, 0.2) is 30.3 Å². The summed E-state index contributed by atoms with van der Waals surface area (Å²) in [7, 11) is 0. The van der Waals surface area contributed by atoms with E-state index in [1.807, 2.05) is 6.07 Å². The molecule has 1 aromatic heterocycles. The van der Waals surface area contributed by atoms with Crippen molar-refractivity contribution < 1.29 is 0 Å². The van der Waals surface area contributed by atoms with Gasteiger partial charge < -0.3 is 4.98 Å². The minimum atomic E-state index is 0.537. The summed E-state index contributed by atoms with van der Waals surface area (Å²) in [6.45, 7) is 4.37. The molecule has 2 nitrogen and oxygen atoms in total. The van der Waals surface area contributed by atoms with Crippen molar-refractivity contribution in [3.05, 3.63) is 46.4 Å². The highest BCUT2D eigenvalue weighted by molar-refractivity contribution is 7.71. The lowest BCUT2D eigenvalue weighted by atomic mass is 10.0. The van der Waals surface area contributed by atoms with E-state index in [1.54, 1.807) is 0 Å². The molecule has 1 fully saturated rings. The molecule has 3 rings (SSSR count). The fraction of sp³-hybridized carbons (Fsp3) is 0.412. The summed E-state index contributed by atoms with van der Waals surface area (Å²) in [5.74, 6) is 2.41. The number of aromatic amines is 1. The molecule has 3 heteroatoms. The van der Waals surface area contributed by atoms with Crippen molar-refractivity contribution in [1.29, 1.82) is 0 Å². The number of nitrogens with one attached hydrogen (secondary N) is 1. The van der Waals surface area contributed by atoms with Crippen molar-refractivity contribution in [3.63, 3.8) is 0 Å². The average Bonchev–Trinajstić information content (AvgIpc) is 2.89. The fourth-order valence-electron chi connectivity index (χ4n) is 3.09. The summed E-state index contributed by atoms with van der Waals surface area (Å²) in [6, 6.07) is 10.4. The quantitative estimate of drug-likeness (QED) is 0.785. The summed E-state index contributed by atoms with van der Waals surface area (Å²) in [4.78, 5) is 8.19. The predicted molar refractivity (Wildman–Crippen MR) is 85.4 cm³/mol. The summed E-state index contributed by atoms with van der Waals surface area (Å²) in [5.41, 5.74) is 3.38. The van der Waals surface area contributed by atoms with Crippen molar-refractivity contribution in [3.8, 4) is 11.3 Å². The average molecular weight is 284 g/mol. The van der Waals surface area contributed by atoms with E-state index in [0.717, 1.165) is 27.6 Å². The van der Waals surface area contributed by atoms with Crippen molar-refractivity contribution in [2.24, 2.45) is 5.92 Å². The van der Waals surface area contributed by atoms with Gasteiger partial charge in [0.1, 0.15) is 10.5 Å². The van der Waals surface area contributed by atoms with Crippen molar-refractivity contribution in [1.82, 2.24) is 9.97 Å². The highest BCUT2D eigenvalue weighted by Gasteiger charge is 2.25. The first-order chi connectivity index (χ1) is 9.65. The lowest BCUT2D eigenvalue weighted by Crippen LogP contribution is -2.05. The number of H-pyrrole nitrogens is 1. The zero-order chi connectivity index (χ0) is 14.1. The monoisotopic (exact) mass is 284 g/mol. The first kappa shape index (κ1) is 13.5. The first-order valence-corrected chi connectivity index (χ1v) is 7.72. The van der Waals surface area contributed by atoms with Crippen LogP contribution in [0.5, 0.6) is 0 Å². The number of hydrogen-bond acceptors (Lipinski definition) is 2. The topological polar surface area (TPSA) is 28.7 Å². The number of rotatable bonds is 2. The minimum Gasteiger partial charge on any atom is -0.343 e. The van der Waals surface area contributed by atoms with Gasteiger partial charge in [0.15, 0.2) is 0 Å². The molecule has 1 N–H and O–H groups in total. The van der Waals surface area contributed by atoms with Crippen LogP contribution in [0.4, 0.5) is 0 Å². The zero-order valence-corrected chi connectivity index (χ0v) is 12.8.